The third kappa shape index (κ3) is 4.47. The van der Waals surface area contributed by atoms with Crippen molar-refractivity contribution in [3.05, 3.63) is 58.6 Å². The molecule has 130 valence electrons. The van der Waals surface area contributed by atoms with Crippen LogP contribution in [0.1, 0.15) is 19.3 Å². The number of nitro benzene ring substituents is 1. The van der Waals surface area contributed by atoms with Gasteiger partial charge in [-0.25, -0.2) is 4.79 Å². The van der Waals surface area contributed by atoms with Crippen LogP contribution in [0.3, 0.4) is 0 Å². The van der Waals surface area contributed by atoms with Gasteiger partial charge in [-0.2, -0.15) is 0 Å². The molecular weight excluding hydrogens is 322 g/mol. The molecule has 25 heavy (non-hydrogen) atoms. The van der Waals surface area contributed by atoms with Gasteiger partial charge in [-0.05, 0) is 55.7 Å². The number of piperidine rings is 1. The number of benzene rings is 2. The number of non-ortho nitro benzene ring substituents is 1. The highest BCUT2D eigenvalue weighted by atomic mass is 16.6. The summed E-state index contributed by atoms with van der Waals surface area (Å²) in [5, 5.41) is 13.2. The number of carbonyl (C=O) groups is 1. The van der Waals surface area contributed by atoms with Gasteiger partial charge in [0, 0.05) is 36.6 Å². The van der Waals surface area contributed by atoms with Crippen LogP contribution in [-0.4, -0.2) is 24.1 Å². The van der Waals surface area contributed by atoms with E-state index in [9.17, 15) is 14.9 Å². The third-order valence-corrected chi connectivity index (χ3v) is 4.09. The number of amides is 1. The molecule has 1 fully saturated rings. The highest BCUT2D eigenvalue weighted by Crippen LogP contribution is 2.22. The van der Waals surface area contributed by atoms with E-state index >= 15 is 0 Å². The number of anilines is 2. The summed E-state index contributed by atoms with van der Waals surface area (Å²) in [4.78, 5) is 24.3. The Kier molecular flexibility index (Phi) is 5.13. The van der Waals surface area contributed by atoms with Crippen molar-refractivity contribution in [2.45, 2.75) is 19.3 Å². The smallest absolute Gasteiger partial charge is 0.410 e. The van der Waals surface area contributed by atoms with Crippen molar-refractivity contribution in [3.63, 3.8) is 0 Å². The molecular formula is C18H19N3O4. The van der Waals surface area contributed by atoms with E-state index in [1.165, 1.54) is 43.5 Å². The van der Waals surface area contributed by atoms with Crippen molar-refractivity contribution in [2.24, 2.45) is 0 Å². The zero-order valence-corrected chi connectivity index (χ0v) is 13.7. The standard InChI is InChI=1S/C18H19N3O4/c22-18(25-17-10-8-16(9-11-17)21(23)24)19-14-4-6-15(7-5-14)20-12-2-1-3-13-20/h4-11H,1-3,12-13H2,(H,19,22). The Morgan fingerprint density at radius 1 is 1.00 bits per heavy atom. The summed E-state index contributed by atoms with van der Waals surface area (Å²) in [6.07, 6.45) is 3.06. The number of hydrogen-bond acceptors (Lipinski definition) is 5. The maximum atomic E-state index is 11.9. The molecule has 1 saturated heterocycles. The molecule has 0 spiro atoms. The van der Waals surface area contributed by atoms with Crippen LogP contribution >= 0.6 is 0 Å². The van der Waals surface area contributed by atoms with Crippen molar-refractivity contribution < 1.29 is 14.5 Å². The molecule has 2 aromatic carbocycles. The van der Waals surface area contributed by atoms with E-state index in [2.05, 4.69) is 10.2 Å². The molecule has 0 aromatic heterocycles. The average Bonchev–Trinajstić information content (AvgIpc) is 2.63. The molecule has 0 bridgehead atoms. The van der Waals surface area contributed by atoms with Gasteiger partial charge in [-0.3, -0.25) is 15.4 Å². The van der Waals surface area contributed by atoms with Crippen molar-refractivity contribution >= 4 is 23.2 Å². The van der Waals surface area contributed by atoms with Gasteiger partial charge in [-0.15, -0.1) is 0 Å². The van der Waals surface area contributed by atoms with Crippen LogP contribution in [-0.2, 0) is 0 Å². The molecule has 7 nitrogen and oxygen atoms in total. The Bertz CT molecular complexity index is 738. The summed E-state index contributed by atoms with van der Waals surface area (Å²) in [7, 11) is 0. The van der Waals surface area contributed by atoms with Gasteiger partial charge in [0.1, 0.15) is 5.75 Å². The molecule has 3 rings (SSSR count). The van der Waals surface area contributed by atoms with E-state index in [1.54, 1.807) is 0 Å². The highest BCUT2D eigenvalue weighted by Gasteiger charge is 2.12. The quantitative estimate of drug-likeness (QED) is 0.665. The summed E-state index contributed by atoms with van der Waals surface area (Å²) in [6.45, 7) is 2.13. The van der Waals surface area contributed by atoms with Crippen LogP contribution in [0.4, 0.5) is 21.9 Å². The molecule has 0 radical (unpaired) electrons. The van der Waals surface area contributed by atoms with Crippen LogP contribution in [0, 0.1) is 10.1 Å². The van der Waals surface area contributed by atoms with Gasteiger partial charge >= 0.3 is 6.09 Å². The lowest BCUT2D eigenvalue weighted by molar-refractivity contribution is -0.384. The van der Waals surface area contributed by atoms with Gasteiger partial charge in [0.15, 0.2) is 0 Å². The lowest BCUT2D eigenvalue weighted by atomic mass is 10.1. The van der Waals surface area contributed by atoms with Gasteiger partial charge < -0.3 is 9.64 Å². The van der Waals surface area contributed by atoms with E-state index in [0.29, 0.717) is 5.69 Å². The summed E-state index contributed by atoms with van der Waals surface area (Å²) >= 11 is 0. The Morgan fingerprint density at radius 3 is 2.24 bits per heavy atom. The second-order valence-electron chi connectivity index (χ2n) is 5.86. The second-order valence-corrected chi connectivity index (χ2v) is 5.86. The molecule has 1 heterocycles. The minimum Gasteiger partial charge on any atom is -0.410 e. The van der Waals surface area contributed by atoms with Crippen LogP contribution in [0.25, 0.3) is 0 Å². The number of nitrogens with zero attached hydrogens (tertiary/aromatic N) is 2. The topological polar surface area (TPSA) is 84.7 Å². The predicted molar refractivity (Wildman–Crippen MR) is 95.2 cm³/mol. The van der Waals surface area contributed by atoms with Crippen molar-refractivity contribution in [1.29, 1.82) is 0 Å². The van der Waals surface area contributed by atoms with Crippen LogP contribution in [0.15, 0.2) is 48.5 Å². The first-order valence-corrected chi connectivity index (χ1v) is 8.20. The molecule has 0 saturated carbocycles. The van der Waals surface area contributed by atoms with E-state index < -0.39 is 11.0 Å². The molecule has 0 unspecified atom stereocenters. The minimum absolute atomic E-state index is 0.0546. The number of rotatable bonds is 4. The Morgan fingerprint density at radius 2 is 1.64 bits per heavy atom. The summed E-state index contributed by atoms with van der Waals surface area (Å²) in [5.41, 5.74) is 1.72. The van der Waals surface area contributed by atoms with E-state index in [-0.39, 0.29) is 11.4 Å². The lowest BCUT2D eigenvalue weighted by Gasteiger charge is -2.28. The fourth-order valence-electron chi connectivity index (χ4n) is 2.79. The normalized spacial score (nSPS) is 14.0. The Hall–Kier alpha value is -3.09. The number of nitro groups is 1. The Labute approximate surface area is 145 Å². The zero-order chi connectivity index (χ0) is 17.6. The van der Waals surface area contributed by atoms with Crippen LogP contribution in [0.2, 0.25) is 0 Å². The fraction of sp³-hybridized carbons (Fsp3) is 0.278. The highest BCUT2D eigenvalue weighted by molar-refractivity contribution is 5.86. The number of ether oxygens (including phenoxy) is 1. The molecule has 1 aliphatic rings. The van der Waals surface area contributed by atoms with E-state index in [1.807, 2.05) is 24.3 Å². The largest absolute Gasteiger partial charge is 0.417 e. The van der Waals surface area contributed by atoms with Crippen LogP contribution in [0.5, 0.6) is 5.75 Å². The fourth-order valence-corrected chi connectivity index (χ4v) is 2.79. The van der Waals surface area contributed by atoms with Gasteiger partial charge in [0.05, 0.1) is 4.92 Å². The maximum Gasteiger partial charge on any atom is 0.417 e. The van der Waals surface area contributed by atoms with Crippen LogP contribution < -0.4 is 15.0 Å². The summed E-state index contributed by atoms with van der Waals surface area (Å²) in [6, 6.07) is 13.0. The van der Waals surface area contributed by atoms with Gasteiger partial charge in [0.2, 0.25) is 0 Å². The van der Waals surface area contributed by atoms with Crippen molar-refractivity contribution in [1.82, 2.24) is 0 Å². The average molecular weight is 341 g/mol. The lowest BCUT2D eigenvalue weighted by Crippen LogP contribution is -2.29. The minimum atomic E-state index is -0.639. The van der Waals surface area contributed by atoms with E-state index in [4.69, 9.17) is 4.74 Å². The molecule has 1 aliphatic heterocycles. The monoisotopic (exact) mass is 341 g/mol. The third-order valence-electron chi connectivity index (χ3n) is 4.09. The Balaban J connectivity index is 1.56. The van der Waals surface area contributed by atoms with E-state index in [0.717, 1.165) is 18.8 Å². The second kappa shape index (κ2) is 7.65. The number of carbonyl (C=O) groups excluding carboxylic acids is 1. The molecule has 1 amide bonds. The number of nitrogens with one attached hydrogen (secondary N) is 1. The van der Waals surface area contributed by atoms with Gasteiger partial charge in [-0.1, -0.05) is 0 Å². The predicted octanol–water partition coefficient (Wildman–Crippen LogP) is 4.20. The zero-order valence-electron chi connectivity index (χ0n) is 13.7. The SMILES string of the molecule is O=C(Nc1ccc(N2CCCCC2)cc1)Oc1ccc([N+](=O)[O-])cc1. The first-order chi connectivity index (χ1) is 12.1. The van der Waals surface area contributed by atoms with Gasteiger partial charge in [0.25, 0.3) is 5.69 Å². The summed E-state index contributed by atoms with van der Waals surface area (Å²) in [5.74, 6) is 0.244. The molecule has 0 aliphatic carbocycles. The molecule has 7 heteroatoms. The first-order valence-electron chi connectivity index (χ1n) is 8.20. The molecule has 1 N–H and O–H groups in total. The molecule has 2 aromatic rings. The molecule has 0 atom stereocenters. The first kappa shape index (κ1) is 16.8. The van der Waals surface area contributed by atoms with Crippen molar-refractivity contribution in [3.8, 4) is 5.75 Å². The number of hydrogen-bond donors (Lipinski definition) is 1. The van der Waals surface area contributed by atoms with Crippen molar-refractivity contribution in [2.75, 3.05) is 23.3 Å². The summed E-state index contributed by atoms with van der Waals surface area (Å²) < 4.78 is 5.12. The maximum absolute atomic E-state index is 11.9.